The van der Waals surface area contributed by atoms with Crippen molar-refractivity contribution in [3.8, 4) is 28.9 Å². The predicted octanol–water partition coefficient (Wildman–Crippen LogP) is 6.14. The van der Waals surface area contributed by atoms with Crippen molar-refractivity contribution in [1.82, 2.24) is 19.6 Å². The number of hydrogen-bond donors (Lipinski definition) is 0. The van der Waals surface area contributed by atoms with Gasteiger partial charge in [0.15, 0.2) is 29.6 Å². The number of fused-ring (bicyclic) bond motifs is 6. The maximum Gasteiger partial charge on any atom is 0.228 e. The highest BCUT2D eigenvalue weighted by molar-refractivity contribution is 5.91. The predicted molar refractivity (Wildman–Crippen MR) is 161 cm³/mol. The Labute approximate surface area is 247 Å². The van der Waals surface area contributed by atoms with Gasteiger partial charge in [-0.1, -0.05) is 41.6 Å². The summed E-state index contributed by atoms with van der Waals surface area (Å²) in [5.74, 6) is 3.41. The van der Waals surface area contributed by atoms with Crippen molar-refractivity contribution in [2.45, 2.75) is 12.5 Å². The van der Waals surface area contributed by atoms with Crippen molar-refractivity contribution in [3.63, 3.8) is 0 Å². The molecule has 6 aromatic rings. The van der Waals surface area contributed by atoms with E-state index in [1.165, 1.54) is 0 Å². The summed E-state index contributed by atoms with van der Waals surface area (Å²) in [5, 5.41) is 10.9. The van der Waals surface area contributed by atoms with Gasteiger partial charge in [0.25, 0.3) is 0 Å². The summed E-state index contributed by atoms with van der Waals surface area (Å²) in [6.45, 7) is 0.0739. The second kappa shape index (κ2) is 11.0. The van der Waals surface area contributed by atoms with Crippen LogP contribution in [0.15, 0.2) is 90.3 Å². The molecule has 0 N–H and O–H groups in total. The van der Waals surface area contributed by atoms with E-state index in [0.717, 1.165) is 44.5 Å². The molecular weight excluding hydrogens is 546 g/mol. The molecule has 0 radical (unpaired) electrons. The lowest BCUT2D eigenvalue weighted by Gasteiger charge is -2.29. The Kier molecular flexibility index (Phi) is 6.71. The van der Waals surface area contributed by atoms with Crippen LogP contribution in [-0.2, 0) is 11.4 Å². The van der Waals surface area contributed by atoms with Crippen molar-refractivity contribution >= 4 is 22.6 Å². The summed E-state index contributed by atoms with van der Waals surface area (Å²) < 4.78 is 24.5. The van der Waals surface area contributed by atoms with Crippen molar-refractivity contribution < 1.29 is 23.8 Å². The number of methoxy groups -OCH3 is 3. The van der Waals surface area contributed by atoms with Crippen LogP contribution < -0.4 is 18.9 Å². The molecule has 1 aliphatic heterocycles. The number of ether oxygens (including phenoxy) is 4. The van der Waals surface area contributed by atoms with Gasteiger partial charge in [0.2, 0.25) is 5.88 Å². The van der Waals surface area contributed by atoms with E-state index in [1.807, 2.05) is 60.7 Å². The third kappa shape index (κ3) is 4.72. The Bertz CT molecular complexity index is 1990. The summed E-state index contributed by atoms with van der Waals surface area (Å²) in [5.41, 5.74) is 4.26. The second-order valence-corrected chi connectivity index (χ2v) is 9.89. The summed E-state index contributed by atoms with van der Waals surface area (Å²) >= 11 is 0. The average Bonchev–Trinajstić information content (AvgIpc) is 3.49. The Balaban J connectivity index is 1.31. The van der Waals surface area contributed by atoms with Crippen molar-refractivity contribution in [3.05, 3.63) is 113 Å². The highest BCUT2D eigenvalue weighted by Crippen LogP contribution is 2.51. The van der Waals surface area contributed by atoms with E-state index in [2.05, 4.69) is 33.4 Å². The molecule has 2 aromatic heterocycles. The van der Waals surface area contributed by atoms with Crippen LogP contribution in [0.3, 0.4) is 0 Å². The Morgan fingerprint density at radius 1 is 0.884 bits per heavy atom. The van der Waals surface area contributed by atoms with E-state index >= 15 is 0 Å². The van der Waals surface area contributed by atoms with Crippen LogP contribution in [0.2, 0.25) is 0 Å². The van der Waals surface area contributed by atoms with Crippen LogP contribution in [-0.4, -0.2) is 47.1 Å². The van der Waals surface area contributed by atoms with E-state index in [1.54, 1.807) is 38.4 Å². The fourth-order valence-corrected chi connectivity index (χ4v) is 5.46. The average molecular weight is 574 g/mol. The summed E-state index contributed by atoms with van der Waals surface area (Å²) in [7, 11) is 4.88. The molecule has 0 saturated heterocycles. The third-order valence-corrected chi connectivity index (χ3v) is 7.47. The molecule has 0 aliphatic carbocycles. The fraction of sp³-hybridized carbons (Fsp3) is 0.152. The number of benzene rings is 4. The van der Waals surface area contributed by atoms with E-state index in [4.69, 9.17) is 28.8 Å². The normalized spacial score (nSPS) is 13.9. The highest BCUT2D eigenvalue weighted by atomic mass is 16.6. The molecule has 1 unspecified atom stereocenters. The highest BCUT2D eigenvalue weighted by Gasteiger charge is 2.35. The first-order chi connectivity index (χ1) is 21.2. The molecule has 7 rings (SSSR count). The largest absolute Gasteiger partial charge is 0.497 e. The van der Waals surface area contributed by atoms with Crippen LogP contribution in [0.5, 0.6) is 28.9 Å². The lowest BCUT2D eigenvalue weighted by atomic mass is 9.81. The number of oxime groups is 1. The molecule has 0 saturated carbocycles. The van der Waals surface area contributed by atoms with Gasteiger partial charge in [-0.05, 0) is 64.4 Å². The minimum atomic E-state index is -0.285. The smallest absolute Gasteiger partial charge is 0.228 e. The first-order valence-corrected chi connectivity index (χ1v) is 13.6. The third-order valence-electron chi connectivity index (χ3n) is 7.47. The summed E-state index contributed by atoms with van der Waals surface area (Å²) in [4.78, 5) is 15.1. The number of aromatic nitrogens is 4. The quantitative estimate of drug-likeness (QED) is 0.158. The Morgan fingerprint density at radius 3 is 2.53 bits per heavy atom. The van der Waals surface area contributed by atoms with Gasteiger partial charge >= 0.3 is 0 Å². The Hall–Kier alpha value is -5.64. The summed E-state index contributed by atoms with van der Waals surface area (Å²) in [6, 6.07) is 25.7. The maximum atomic E-state index is 6.41. The van der Waals surface area contributed by atoms with Gasteiger partial charge in [-0.2, -0.15) is 0 Å². The van der Waals surface area contributed by atoms with Crippen LogP contribution in [0.4, 0.5) is 0 Å². The molecule has 0 spiro atoms. The van der Waals surface area contributed by atoms with E-state index in [-0.39, 0.29) is 12.5 Å². The lowest BCUT2D eigenvalue weighted by molar-refractivity contribution is 0.126. The number of rotatable bonds is 8. The van der Waals surface area contributed by atoms with Crippen molar-refractivity contribution in [2.75, 3.05) is 21.3 Å². The molecule has 0 fully saturated rings. The van der Waals surface area contributed by atoms with Gasteiger partial charge < -0.3 is 23.8 Å². The molecular formula is C33H27N5O5. The van der Waals surface area contributed by atoms with Gasteiger partial charge in [-0.25, -0.2) is 14.5 Å². The molecule has 214 valence electrons. The molecule has 10 nitrogen and oxygen atoms in total. The van der Waals surface area contributed by atoms with Crippen molar-refractivity contribution in [1.29, 1.82) is 0 Å². The van der Waals surface area contributed by atoms with Gasteiger partial charge in [0.05, 0.1) is 33.1 Å². The minimum Gasteiger partial charge on any atom is -0.497 e. The molecule has 10 heteroatoms. The van der Waals surface area contributed by atoms with E-state index in [0.29, 0.717) is 28.9 Å². The molecule has 3 heterocycles. The van der Waals surface area contributed by atoms with Crippen LogP contribution >= 0.6 is 0 Å². The fourth-order valence-electron chi connectivity index (χ4n) is 5.46. The van der Waals surface area contributed by atoms with Gasteiger partial charge in [0.1, 0.15) is 17.8 Å². The van der Waals surface area contributed by atoms with Crippen LogP contribution in [0, 0.1) is 0 Å². The number of nitrogens with zero attached hydrogens (tertiary/aromatic N) is 5. The maximum absolute atomic E-state index is 6.41. The van der Waals surface area contributed by atoms with E-state index in [9.17, 15) is 0 Å². The molecule has 1 aliphatic rings. The molecule has 1 atom stereocenters. The first kappa shape index (κ1) is 26.3. The monoisotopic (exact) mass is 573 g/mol. The standard InChI is InChI=1S/C33H27N5O5/c1-39-23-12-8-20(9-13-23)17-35-42-18-28-36-32-31-29(22-11-14-25(40-2)27(16-22)41-3)30-24-7-5-4-6-21(24)10-15-26(30)43-33(31)34-19-38(32)37-28/h4-17,19,29H,18H2,1-3H3/b35-17+. The van der Waals surface area contributed by atoms with Crippen molar-refractivity contribution in [2.24, 2.45) is 5.16 Å². The first-order valence-electron chi connectivity index (χ1n) is 13.6. The van der Waals surface area contributed by atoms with Gasteiger partial charge in [0, 0.05) is 11.5 Å². The SMILES string of the molecule is COc1ccc(/C=N/OCc2nc3c4c(ncn3n2)Oc2ccc3ccccc3c2C4c2ccc(OC)c(OC)c2)cc1. The summed E-state index contributed by atoms with van der Waals surface area (Å²) in [6.07, 6.45) is 3.23. The molecule has 0 amide bonds. The van der Waals surface area contributed by atoms with Gasteiger partial charge in [-0.15, -0.1) is 5.10 Å². The molecule has 43 heavy (non-hydrogen) atoms. The second-order valence-electron chi connectivity index (χ2n) is 9.89. The Morgan fingerprint density at radius 2 is 1.72 bits per heavy atom. The number of hydrogen-bond acceptors (Lipinski definition) is 9. The van der Waals surface area contributed by atoms with Gasteiger partial charge in [-0.3, -0.25) is 0 Å². The zero-order chi connectivity index (χ0) is 29.3. The van der Waals surface area contributed by atoms with Crippen LogP contribution in [0.1, 0.15) is 34.0 Å². The zero-order valence-corrected chi connectivity index (χ0v) is 23.7. The lowest BCUT2D eigenvalue weighted by Crippen LogP contribution is -2.15. The molecule has 0 bridgehead atoms. The van der Waals surface area contributed by atoms with E-state index < -0.39 is 0 Å². The minimum absolute atomic E-state index is 0.0739. The zero-order valence-electron chi connectivity index (χ0n) is 23.7. The topological polar surface area (TPSA) is 102 Å². The van der Waals surface area contributed by atoms with Crippen LogP contribution in [0.25, 0.3) is 16.4 Å². The molecule has 4 aromatic carbocycles.